The molecule has 1 N–H and O–H groups in total. The standard InChI is InChI=1S/C14H17FN2O2/c15-12-7-16-8-13(12)19-14(18)17-6-5-10-3-1-2-4-11(10)9-17/h1-4,12-13,16H,5-9H2. The molecule has 5 heteroatoms. The first-order valence-electron chi connectivity index (χ1n) is 6.61. The van der Waals surface area contributed by atoms with E-state index in [-0.39, 0.29) is 6.54 Å². The first-order chi connectivity index (χ1) is 9.24. The summed E-state index contributed by atoms with van der Waals surface area (Å²) in [5.41, 5.74) is 2.42. The van der Waals surface area contributed by atoms with Crippen molar-refractivity contribution < 1.29 is 13.9 Å². The molecular formula is C14H17FN2O2. The van der Waals surface area contributed by atoms with Crippen LogP contribution in [-0.4, -0.2) is 42.9 Å². The zero-order chi connectivity index (χ0) is 13.2. The smallest absolute Gasteiger partial charge is 0.410 e. The molecule has 1 aromatic carbocycles. The fourth-order valence-electron chi connectivity index (χ4n) is 2.59. The van der Waals surface area contributed by atoms with Crippen LogP contribution in [0.15, 0.2) is 24.3 Å². The van der Waals surface area contributed by atoms with Gasteiger partial charge in [-0.15, -0.1) is 0 Å². The van der Waals surface area contributed by atoms with Crippen LogP contribution in [0.3, 0.4) is 0 Å². The summed E-state index contributed by atoms with van der Waals surface area (Å²) in [6.45, 7) is 1.84. The highest BCUT2D eigenvalue weighted by Crippen LogP contribution is 2.20. The number of hydrogen-bond acceptors (Lipinski definition) is 3. The van der Waals surface area contributed by atoms with E-state index in [9.17, 15) is 9.18 Å². The summed E-state index contributed by atoms with van der Waals surface area (Å²) < 4.78 is 18.6. The van der Waals surface area contributed by atoms with Gasteiger partial charge in [-0.05, 0) is 17.5 Å². The van der Waals surface area contributed by atoms with E-state index in [0.717, 1.165) is 12.0 Å². The van der Waals surface area contributed by atoms with Crippen molar-refractivity contribution in [2.45, 2.75) is 25.2 Å². The molecule has 102 valence electrons. The molecular weight excluding hydrogens is 247 g/mol. The summed E-state index contributed by atoms with van der Waals surface area (Å²) in [7, 11) is 0. The third-order valence-corrected chi connectivity index (χ3v) is 3.73. The number of nitrogens with zero attached hydrogens (tertiary/aromatic N) is 1. The molecule has 0 radical (unpaired) electrons. The van der Waals surface area contributed by atoms with E-state index < -0.39 is 18.4 Å². The Morgan fingerprint density at radius 3 is 2.84 bits per heavy atom. The molecule has 0 spiro atoms. The lowest BCUT2D eigenvalue weighted by Gasteiger charge is -2.29. The Hall–Kier alpha value is -1.62. The number of carbonyl (C=O) groups is 1. The molecule has 4 nitrogen and oxygen atoms in total. The predicted molar refractivity (Wildman–Crippen MR) is 68.6 cm³/mol. The monoisotopic (exact) mass is 264 g/mol. The van der Waals surface area contributed by atoms with Crippen LogP contribution in [0.2, 0.25) is 0 Å². The molecule has 1 saturated heterocycles. The number of nitrogens with one attached hydrogen (secondary N) is 1. The molecule has 2 aliphatic heterocycles. The fourth-order valence-corrected chi connectivity index (χ4v) is 2.59. The lowest BCUT2D eigenvalue weighted by molar-refractivity contribution is 0.0398. The summed E-state index contributed by atoms with van der Waals surface area (Å²) in [6, 6.07) is 8.07. The summed E-state index contributed by atoms with van der Waals surface area (Å²) in [5, 5.41) is 2.88. The van der Waals surface area contributed by atoms with Gasteiger partial charge in [0, 0.05) is 26.2 Å². The van der Waals surface area contributed by atoms with Gasteiger partial charge in [-0.25, -0.2) is 9.18 Å². The number of alkyl halides is 1. The van der Waals surface area contributed by atoms with E-state index in [4.69, 9.17) is 4.74 Å². The Labute approximate surface area is 111 Å². The van der Waals surface area contributed by atoms with Gasteiger partial charge in [-0.3, -0.25) is 0 Å². The van der Waals surface area contributed by atoms with Gasteiger partial charge < -0.3 is 15.0 Å². The second kappa shape index (κ2) is 5.17. The average molecular weight is 264 g/mol. The minimum Gasteiger partial charge on any atom is -0.442 e. The van der Waals surface area contributed by atoms with Crippen molar-refractivity contribution >= 4 is 6.09 Å². The zero-order valence-corrected chi connectivity index (χ0v) is 10.6. The second-order valence-corrected chi connectivity index (χ2v) is 5.04. The minimum atomic E-state index is -1.10. The van der Waals surface area contributed by atoms with Crippen LogP contribution in [0.5, 0.6) is 0 Å². The first kappa shape index (κ1) is 12.4. The van der Waals surface area contributed by atoms with Crippen LogP contribution in [0.25, 0.3) is 0 Å². The Morgan fingerprint density at radius 2 is 2.11 bits per heavy atom. The Balaban J connectivity index is 1.63. The molecule has 0 bridgehead atoms. The molecule has 2 unspecified atom stereocenters. The Kier molecular flexibility index (Phi) is 3.38. The van der Waals surface area contributed by atoms with Crippen molar-refractivity contribution in [3.05, 3.63) is 35.4 Å². The van der Waals surface area contributed by atoms with Gasteiger partial charge in [-0.2, -0.15) is 0 Å². The van der Waals surface area contributed by atoms with Gasteiger partial charge in [0.1, 0.15) is 6.10 Å². The van der Waals surface area contributed by atoms with Crippen molar-refractivity contribution in [1.82, 2.24) is 10.2 Å². The van der Waals surface area contributed by atoms with Crippen molar-refractivity contribution in [3.8, 4) is 0 Å². The number of halogens is 1. The molecule has 1 aromatic rings. The number of carbonyl (C=O) groups excluding carboxylic acids is 1. The average Bonchev–Trinajstić information content (AvgIpc) is 2.84. The number of fused-ring (bicyclic) bond motifs is 1. The van der Waals surface area contributed by atoms with E-state index in [1.54, 1.807) is 4.90 Å². The minimum absolute atomic E-state index is 0.265. The molecule has 2 heterocycles. The van der Waals surface area contributed by atoms with E-state index in [2.05, 4.69) is 11.4 Å². The SMILES string of the molecule is O=C(OC1CNCC1F)N1CCc2ccccc2C1. The zero-order valence-electron chi connectivity index (χ0n) is 10.6. The van der Waals surface area contributed by atoms with Gasteiger partial charge in [0.25, 0.3) is 0 Å². The highest BCUT2D eigenvalue weighted by molar-refractivity contribution is 5.68. The second-order valence-electron chi connectivity index (χ2n) is 5.04. The maximum Gasteiger partial charge on any atom is 0.410 e. The quantitative estimate of drug-likeness (QED) is 0.835. The molecule has 2 atom stereocenters. The lowest BCUT2D eigenvalue weighted by atomic mass is 10.0. The maximum atomic E-state index is 13.4. The van der Waals surface area contributed by atoms with Crippen LogP contribution >= 0.6 is 0 Å². The summed E-state index contributed by atoms with van der Waals surface area (Å²) in [4.78, 5) is 13.7. The van der Waals surface area contributed by atoms with Crippen LogP contribution in [-0.2, 0) is 17.7 Å². The van der Waals surface area contributed by atoms with Crippen molar-refractivity contribution in [2.24, 2.45) is 0 Å². The fraction of sp³-hybridized carbons (Fsp3) is 0.500. The molecule has 0 saturated carbocycles. The Morgan fingerprint density at radius 1 is 1.32 bits per heavy atom. The molecule has 19 heavy (non-hydrogen) atoms. The molecule has 0 aromatic heterocycles. The number of benzene rings is 1. The number of hydrogen-bond donors (Lipinski definition) is 1. The summed E-state index contributed by atoms with van der Waals surface area (Å²) in [6.07, 6.45) is -1.33. The largest absolute Gasteiger partial charge is 0.442 e. The van der Waals surface area contributed by atoms with E-state index in [1.807, 2.05) is 18.2 Å². The molecule has 1 amide bonds. The first-order valence-corrected chi connectivity index (χ1v) is 6.61. The summed E-state index contributed by atoms with van der Waals surface area (Å²) >= 11 is 0. The van der Waals surface area contributed by atoms with E-state index >= 15 is 0 Å². The third-order valence-electron chi connectivity index (χ3n) is 3.73. The normalized spacial score (nSPS) is 26.1. The van der Waals surface area contributed by atoms with Crippen LogP contribution in [0.4, 0.5) is 9.18 Å². The maximum absolute atomic E-state index is 13.4. The van der Waals surface area contributed by atoms with Crippen molar-refractivity contribution in [2.75, 3.05) is 19.6 Å². The molecule has 2 aliphatic rings. The van der Waals surface area contributed by atoms with Crippen LogP contribution in [0, 0.1) is 0 Å². The van der Waals surface area contributed by atoms with E-state index in [1.165, 1.54) is 5.56 Å². The van der Waals surface area contributed by atoms with E-state index in [0.29, 0.717) is 19.6 Å². The van der Waals surface area contributed by atoms with Crippen molar-refractivity contribution in [3.63, 3.8) is 0 Å². The highest BCUT2D eigenvalue weighted by Gasteiger charge is 2.32. The lowest BCUT2D eigenvalue weighted by Crippen LogP contribution is -2.40. The molecule has 0 aliphatic carbocycles. The Bertz CT molecular complexity index is 480. The van der Waals surface area contributed by atoms with Gasteiger partial charge in [0.15, 0.2) is 6.17 Å². The topological polar surface area (TPSA) is 41.6 Å². The van der Waals surface area contributed by atoms with Gasteiger partial charge in [-0.1, -0.05) is 24.3 Å². The predicted octanol–water partition coefficient (Wildman–Crippen LogP) is 1.49. The summed E-state index contributed by atoms with van der Waals surface area (Å²) in [5.74, 6) is 0. The van der Waals surface area contributed by atoms with Gasteiger partial charge in [0.05, 0.1) is 0 Å². The van der Waals surface area contributed by atoms with Gasteiger partial charge >= 0.3 is 6.09 Å². The van der Waals surface area contributed by atoms with Crippen LogP contribution < -0.4 is 5.32 Å². The third kappa shape index (κ3) is 2.56. The van der Waals surface area contributed by atoms with Gasteiger partial charge in [0.2, 0.25) is 0 Å². The molecule has 1 fully saturated rings. The number of amides is 1. The highest BCUT2D eigenvalue weighted by atomic mass is 19.1. The molecule has 3 rings (SSSR count). The van der Waals surface area contributed by atoms with Crippen molar-refractivity contribution in [1.29, 1.82) is 0 Å². The number of ether oxygens (including phenoxy) is 1. The van der Waals surface area contributed by atoms with Crippen LogP contribution in [0.1, 0.15) is 11.1 Å². The number of rotatable bonds is 1.